The highest BCUT2D eigenvalue weighted by atomic mass is 15.3. The first-order valence-electron chi connectivity index (χ1n) is 9.39. The zero-order valence-corrected chi connectivity index (χ0v) is 15.2. The van der Waals surface area contributed by atoms with Gasteiger partial charge in [-0.25, -0.2) is 0 Å². The van der Waals surface area contributed by atoms with E-state index >= 15 is 0 Å². The normalized spacial score (nSPS) is 31.6. The first-order chi connectivity index (χ1) is 9.90. The van der Waals surface area contributed by atoms with Gasteiger partial charge < -0.3 is 5.32 Å². The second-order valence-electron chi connectivity index (χ2n) is 8.66. The average Bonchev–Trinajstić information content (AvgIpc) is 3.23. The molecule has 0 radical (unpaired) electrons. The van der Waals surface area contributed by atoms with Crippen LogP contribution in [0.25, 0.3) is 0 Å². The maximum absolute atomic E-state index is 3.88. The van der Waals surface area contributed by atoms with Crippen molar-refractivity contribution >= 4 is 0 Å². The van der Waals surface area contributed by atoms with E-state index in [1.807, 2.05) is 0 Å². The van der Waals surface area contributed by atoms with Crippen LogP contribution in [0.5, 0.6) is 0 Å². The molecule has 2 nitrogen and oxygen atoms in total. The molecule has 0 aromatic rings. The van der Waals surface area contributed by atoms with E-state index in [1.54, 1.807) is 0 Å². The number of hydrogen-bond donors (Lipinski definition) is 1. The van der Waals surface area contributed by atoms with Gasteiger partial charge in [-0.15, -0.1) is 0 Å². The average molecular weight is 295 g/mol. The van der Waals surface area contributed by atoms with E-state index < -0.39 is 0 Å². The van der Waals surface area contributed by atoms with Gasteiger partial charge in [0.1, 0.15) is 0 Å². The van der Waals surface area contributed by atoms with Crippen molar-refractivity contribution in [1.29, 1.82) is 0 Å². The van der Waals surface area contributed by atoms with Crippen LogP contribution in [0.3, 0.4) is 0 Å². The number of nitrogens with zero attached hydrogens (tertiary/aromatic N) is 1. The van der Waals surface area contributed by atoms with Gasteiger partial charge >= 0.3 is 0 Å². The van der Waals surface area contributed by atoms with Crippen molar-refractivity contribution in [2.24, 2.45) is 11.3 Å². The lowest BCUT2D eigenvalue weighted by Gasteiger charge is -2.49. The third-order valence-corrected chi connectivity index (χ3v) is 5.83. The van der Waals surface area contributed by atoms with Crippen LogP contribution in [0.4, 0.5) is 0 Å². The fraction of sp³-hybridized carbons (Fsp3) is 1.00. The monoisotopic (exact) mass is 294 g/mol. The van der Waals surface area contributed by atoms with Gasteiger partial charge in [0.05, 0.1) is 0 Å². The van der Waals surface area contributed by atoms with Crippen LogP contribution in [-0.4, -0.2) is 36.1 Å². The van der Waals surface area contributed by atoms with E-state index in [1.165, 1.54) is 64.6 Å². The molecule has 2 rings (SSSR count). The number of nitrogens with one attached hydrogen (secondary N) is 1. The largest absolute Gasteiger partial charge is 0.308 e. The second kappa shape index (κ2) is 7.00. The van der Waals surface area contributed by atoms with Crippen molar-refractivity contribution in [3.05, 3.63) is 0 Å². The quantitative estimate of drug-likeness (QED) is 0.666. The minimum atomic E-state index is 0.380. The van der Waals surface area contributed by atoms with Crippen LogP contribution < -0.4 is 5.32 Å². The highest BCUT2D eigenvalue weighted by Gasteiger charge is 2.46. The fourth-order valence-electron chi connectivity index (χ4n) is 4.15. The first-order valence-corrected chi connectivity index (χ1v) is 9.39. The Labute approximate surface area is 133 Å². The van der Waals surface area contributed by atoms with E-state index in [2.05, 4.69) is 44.8 Å². The van der Waals surface area contributed by atoms with Crippen LogP contribution in [-0.2, 0) is 0 Å². The summed E-state index contributed by atoms with van der Waals surface area (Å²) < 4.78 is 0. The summed E-state index contributed by atoms with van der Waals surface area (Å²) in [6.45, 7) is 15.8. The minimum Gasteiger partial charge on any atom is -0.308 e. The molecular formula is C19H38N2. The Bertz CT molecular complexity index is 322. The van der Waals surface area contributed by atoms with Gasteiger partial charge in [-0.3, -0.25) is 4.90 Å². The van der Waals surface area contributed by atoms with Crippen molar-refractivity contribution in [3.8, 4) is 0 Å². The molecule has 2 aliphatic rings. The Morgan fingerprint density at radius 3 is 2.48 bits per heavy atom. The van der Waals surface area contributed by atoms with Crippen LogP contribution in [0.1, 0.15) is 79.6 Å². The van der Waals surface area contributed by atoms with E-state index in [4.69, 9.17) is 0 Å². The van der Waals surface area contributed by atoms with Gasteiger partial charge in [-0.2, -0.15) is 0 Å². The Balaban J connectivity index is 1.93. The van der Waals surface area contributed by atoms with E-state index in [0.717, 1.165) is 12.0 Å². The molecule has 2 fully saturated rings. The molecule has 1 aliphatic heterocycles. The predicted octanol–water partition coefficient (Wildman–Crippen LogP) is 4.45. The molecule has 2 unspecified atom stereocenters. The minimum absolute atomic E-state index is 0.380. The highest BCUT2D eigenvalue weighted by molar-refractivity contribution is 5.04. The van der Waals surface area contributed by atoms with Gasteiger partial charge in [0.25, 0.3) is 0 Å². The van der Waals surface area contributed by atoms with E-state index in [-0.39, 0.29) is 0 Å². The van der Waals surface area contributed by atoms with Gasteiger partial charge in [-0.05, 0) is 43.9 Å². The van der Waals surface area contributed by atoms with Crippen LogP contribution in [0.2, 0.25) is 0 Å². The van der Waals surface area contributed by atoms with Crippen molar-refractivity contribution in [3.63, 3.8) is 0 Å². The van der Waals surface area contributed by atoms with Crippen LogP contribution >= 0.6 is 0 Å². The molecule has 1 aliphatic carbocycles. The zero-order valence-electron chi connectivity index (χ0n) is 15.2. The molecule has 0 aromatic carbocycles. The number of rotatable bonds is 8. The molecule has 0 spiro atoms. The summed E-state index contributed by atoms with van der Waals surface area (Å²) in [5.41, 5.74) is 0.843. The van der Waals surface area contributed by atoms with Gasteiger partial charge in [0, 0.05) is 31.2 Å². The SMILES string of the molecule is CCCCCC(C)(C)CN1CC(C)(C2CC2)NCC1CC. The van der Waals surface area contributed by atoms with Crippen molar-refractivity contribution in [2.45, 2.75) is 91.1 Å². The molecular weight excluding hydrogens is 256 g/mol. The Hall–Kier alpha value is -0.0800. The summed E-state index contributed by atoms with van der Waals surface area (Å²) in [6.07, 6.45) is 9.65. The number of hydrogen-bond acceptors (Lipinski definition) is 2. The summed E-state index contributed by atoms with van der Waals surface area (Å²) in [6, 6.07) is 0.738. The Morgan fingerprint density at radius 2 is 1.90 bits per heavy atom. The summed E-state index contributed by atoms with van der Waals surface area (Å²) >= 11 is 0. The summed E-state index contributed by atoms with van der Waals surface area (Å²) in [5.74, 6) is 0.931. The smallest absolute Gasteiger partial charge is 0.0309 e. The summed E-state index contributed by atoms with van der Waals surface area (Å²) in [7, 11) is 0. The van der Waals surface area contributed by atoms with Crippen molar-refractivity contribution < 1.29 is 0 Å². The van der Waals surface area contributed by atoms with E-state index in [0.29, 0.717) is 11.0 Å². The second-order valence-corrected chi connectivity index (χ2v) is 8.66. The molecule has 0 bridgehead atoms. The maximum Gasteiger partial charge on any atom is 0.0309 e. The topological polar surface area (TPSA) is 15.3 Å². The fourth-order valence-corrected chi connectivity index (χ4v) is 4.15. The third-order valence-electron chi connectivity index (χ3n) is 5.83. The van der Waals surface area contributed by atoms with Gasteiger partial charge in [0.15, 0.2) is 0 Å². The maximum atomic E-state index is 3.88. The summed E-state index contributed by atoms with van der Waals surface area (Å²) in [5, 5.41) is 3.88. The first kappa shape index (κ1) is 17.3. The van der Waals surface area contributed by atoms with Crippen molar-refractivity contribution in [1.82, 2.24) is 10.2 Å². The Morgan fingerprint density at radius 1 is 1.19 bits per heavy atom. The lowest BCUT2D eigenvalue weighted by Crippen LogP contribution is -2.64. The lowest BCUT2D eigenvalue weighted by atomic mass is 9.83. The molecule has 2 heteroatoms. The molecule has 2 atom stereocenters. The van der Waals surface area contributed by atoms with Gasteiger partial charge in [-0.1, -0.05) is 47.0 Å². The molecule has 1 heterocycles. The standard InChI is InChI=1S/C19H38N2/c1-6-8-9-12-18(3,4)14-21-15-19(5,16-10-11-16)20-13-17(21)7-2/h16-17,20H,6-15H2,1-5H3. The molecule has 0 amide bonds. The molecule has 1 N–H and O–H groups in total. The third kappa shape index (κ3) is 4.69. The Kier molecular flexibility index (Phi) is 5.76. The van der Waals surface area contributed by atoms with Crippen LogP contribution in [0, 0.1) is 11.3 Å². The summed E-state index contributed by atoms with van der Waals surface area (Å²) in [4.78, 5) is 2.82. The molecule has 1 saturated heterocycles. The molecule has 1 saturated carbocycles. The van der Waals surface area contributed by atoms with E-state index in [9.17, 15) is 0 Å². The number of unbranched alkanes of at least 4 members (excludes halogenated alkanes) is 2. The number of piperazine rings is 1. The molecule has 21 heavy (non-hydrogen) atoms. The van der Waals surface area contributed by atoms with Crippen molar-refractivity contribution in [2.75, 3.05) is 19.6 Å². The van der Waals surface area contributed by atoms with Crippen LogP contribution in [0.15, 0.2) is 0 Å². The van der Waals surface area contributed by atoms with Gasteiger partial charge in [0.2, 0.25) is 0 Å². The molecule has 124 valence electrons. The predicted molar refractivity (Wildman–Crippen MR) is 92.7 cm³/mol. The lowest BCUT2D eigenvalue weighted by molar-refractivity contribution is 0.0394. The zero-order chi connectivity index (χ0) is 15.5. The molecule has 0 aromatic heterocycles. The highest BCUT2D eigenvalue weighted by Crippen LogP contribution is 2.42.